The minimum Gasteiger partial charge on any atom is -0.503 e. The van der Waals surface area contributed by atoms with Crippen molar-refractivity contribution in [1.82, 2.24) is 0 Å². The third kappa shape index (κ3) is 4.74. The number of aliphatic hydroxyl groups is 1. The van der Waals surface area contributed by atoms with Crippen LogP contribution >= 0.6 is 15.9 Å². The van der Waals surface area contributed by atoms with Gasteiger partial charge in [-0.1, -0.05) is 72.6 Å². The van der Waals surface area contributed by atoms with Gasteiger partial charge in [-0.25, -0.2) is 0 Å². The minimum atomic E-state index is -0.785. The van der Waals surface area contributed by atoms with Gasteiger partial charge < -0.3 is 9.52 Å². The highest BCUT2D eigenvalue weighted by molar-refractivity contribution is 9.10. The largest absolute Gasteiger partial charge is 0.503 e. The SMILES string of the molecule is CCCCc1ccc(N2C(=O)C(O)=C(C(=O)c3cc4cc(Br)ccc4o3)C2c2ccc(CC)cc2)cc1. The second kappa shape index (κ2) is 10.4. The average Bonchev–Trinajstić information content (AvgIpc) is 3.45. The number of Topliss-reactive ketones (excluding diaryl/α,β-unsaturated/α-hetero) is 1. The van der Waals surface area contributed by atoms with Crippen LogP contribution in [0, 0.1) is 0 Å². The Labute approximate surface area is 224 Å². The summed E-state index contributed by atoms with van der Waals surface area (Å²) in [7, 11) is 0. The van der Waals surface area contributed by atoms with Crippen LogP contribution in [0.2, 0.25) is 0 Å². The zero-order valence-corrected chi connectivity index (χ0v) is 22.4. The first kappa shape index (κ1) is 25.0. The predicted octanol–water partition coefficient (Wildman–Crippen LogP) is 7.88. The van der Waals surface area contributed by atoms with Crippen molar-refractivity contribution in [3.63, 3.8) is 0 Å². The highest BCUT2D eigenvalue weighted by Gasteiger charge is 2.45. The van der Waals surface area contributed by atoms with Gasteiger partial charge in [0.05, 0.1) is 11.6 Å². The number of carbonyl (C=O) groups is 2. The standard InChI is InChI=1S/C31H28BrNO4/c1-3-5-6-20-9-14-24(15-10-20)33-28(21-11-7-19(4-2)8-12-21)27(30(35)31(33)36)29(34)26-18-22-17-23(32)13-16-25(22)37-26/h7-18,28,35H,3-6H2,1-2H3. The van der Waals surface area contributed by atoms with E-state index in [2.05, 4.69) is 29.8 Å². The van der Waals surface area contributed by atoms with Gasteiger partial charge in [-0.3, -0.25) is 14.5 Å². The fourth-order valence-electron chi connectivity index (χ4n) is 4.82. The lowest BCUT2D eigenvalue weighted by atomic mass is 9.93. The van der Waals surface area contributed by atoms with E-state index in [1.54, 1.807) is 12.1 Å². The van der Waals surface area contributed by atoms with Crippen molar-refractivity contribution in [2.45, 2.75) is 45.6 Å². The molecule has 2 heterocycles. The van der Waals surface area contributed by atoms with Crippen molar-refractivity contribution < 1.29 is 19.1 Å². The van der Waals surface area contributed by atoms with Crippen molar-refractivity contribution in [3.05, 3.63) is 111 Å². The number of halogens is 1. The van der Waals surface area contributed by atoms with Crippen LogP contribution in [0.25, 0.3) is 11.0 Å². The summed E-state index contributed by atoms with van der Waals surface area (Å²) in [6.45, 7) is 4.22. The van der Waals surface area contributed by atoms with Gasteiger partial charge in [0.1, 0.15) is 5.58 Å². The van der Waals surface area contributed by atoms with Crippen LogP contribution < -0.4 is 4.90 Å². The summed E-state index contributed by atoms with van der Waals surface area (Å²) < 4.78 is 6.71. The van der Waals surface area contributed by atoms with Crippen LogP contribution in [0.15, 0.2) is 93.0 Å². The molecule has 1 aliphatic rings. The number of nitrogens with zero attached hydrogens (tertiary/aromatic N) is 1. The zero-order valence-electron chi connectivity index (χ0n) is 20.8. The first-order valence-electron chi connectivity index (χ1n) is 12.6. The molecule has 5 nitrogen and oxygen atoms in total. The molecule has 0 saturated carbocycles. The van der Waals surface area contributed by atoms with Crippen LogP contribution in [0.5, 0.6) is 0 Å². The van der Waals surface area contributed by atoms with Gasteiger partial charge in [0.25, 0.3) is 5.91 Å². The second-order valence-electron chi connectivity index (χ2n) is 9.33. The normalized spacial score (nSPS) is 15.7. The predicted molar refractivity (Wildman–Crippen MR) is 149 cm³/mol. The summed E-state index contributed by atoms with van der Waals surface area (Å²) in [6.07, 6.45) is 4.02. The molecular weight excluding hydrogens is 530 g/mol. The molecule has 188 valence electrons. The van der Waals surface area contributed by atoms with Gasteiger partial charge in [-0.15, -0.1) is 0 Å². The first-order chi connectivity index (χ1) is 17.9. The highest BCUT2D eigenvalue weighted by Crippen LogP contribution is 2.42. The first-order valence-corrected chi connectivity index (χ1v) is 13.4. The molecule has 0 aliphatic carbocycles. The molecule has 0 saturated heterocycles. The van der Waals surface area contributed by atoms with Crippen molar-refractivity contribution in [3.8, 4) is 0 Å². The van der Waals surface area contributed by atoms with E-state index in [1.165, 1.54) is 10.5 Å². The van der Waals surface area contributed by atoms with Crippen molar-refractivity contribution in [1.29, 1.82) is 0 Å². The van der Waals surface area contributed by atoms with Gasteiger partial charge in [-0.05, 0) is 72.4 Å². The monoisotopic (exact) mass is 557 g/mol. The number of aryl methyl sites for hydroxylation is 2. The number of ketones is 1. The third-order valence-corrected chi connectivity index (χ3v) is 7.39. The Morgan fingerprint density at radius 3 is 2.35 bits per heavy atom. The maximum absolute atomic E-state index is 13.8. The number of fused-ring (bicyclic) bond motifs is 1. The van der Waals surface area contributed by atoms with Crippen molar-refractivity contribution in [2.75, 3.05) is 4.90 Å². The van der Waals surface area contributed by atoms with Gasteiger partial charge in [0.15, 0.2) is 11.5 Å². The molecule has 1 amide bonds. The molecular formula is C31H28BrNO4. The van der Waals surface area contributed by atoms with Crippen LogP contribution in [0.4, 0.5) is 5.69 Å². The third-order valence-electron chi connectivity index (χ3n) is 6.89. The number of hydrogen-bond acceptors (Lipinski definition) is 4. The molecule has 1 aliphatic heterocycles. The average molecular weight is 558 g/mol. The molecule has 1 aromatic heterocycles. The number of rotatable bonds is 8. The second-order valence-corrected chi connectivity index (χ2v) is 10.2. The van der Waals surface area contributed by atoms with Gasteiger partial charge in [0.2, 0.25) is 5.78 Å². The number of amides is 1. The molecule has 0 fully saturated rings. The molecule has 1 atom stereocenters. The Morgan fingerprint density at radius 2 is 1.68 bits per heavy atom. The number of unbranched alkanes of at least 4 members (excludes halogenated alkanes) is 1. The van der Waals surface area contributed by atoms with Crippen LogP contribution in [0.3, 0.4) is 0 Å². The van der Waals surface area contributed by atoms with Crippen molar-refractivity contribution >= 4 is 44.3 Å². The number of hydrogen-bond donors (Lipinski definition) is 1. The summed E-state index contributed by atoms with van der Waals surface area (Å²) in [5.74, 6) is -1.58. The van der Waals surface area contributed by atoms with E-state index in [9.17, 15) is 14.7 Å². The van der Waals surface area contributed by atoms with E-state index in [-0.39, 0.29) is 11.3 Å². The Morgan fingerprint density at radius 1 is 0.973 bits per heavy atom. The van der Waals surface area contributed by atoms with E-state index < -0.39 is 23.5 Å². The lowest BCUT2D eigenvalue weighted by Crippen LogP contribution is -2.31. The molecule has 1 N–H and O–H groups in total. The fourth-order valence-corrected chi connectivity index (χ4v) is 5.20. The lowest BCUT2D eigenvalue weighted by Gasteiger charge is -2.27. The number of aliphatic hydroxyl groups excluding tert-OH is 1. The van der Waals surface area contributed by atoms with E-state index in [0.29, 0.717) is 11.3 Å². The van der Waals surface area contributed by atoms with Gasteiger partial charge >= 0.3 is 0 Å². The number of anilines is 1. The summed E-state index contributed by atoms with van der Waals surface area (Å²) >= 11 is 3.44. The van der Waals surface area contributed by atoms with Crippen LogP contribution in [0.1, 0.15) is 60.0 Å². The molecule has 0 spiro atoms. The Kier molecular flexibility index (Phi) is 7.02. The summed E-state index contributed by atoms with van der Waals surface area (Å²) in [6, 6.07) is 21.9. The van der Waals surface area contributed by atoms with E-state index in [4.69, 9.17) is 4.42 Å². The van der Waals surface area contributed by atoms with Gasteiger partial charge in [0, 0.05) is 15.5 Å². The minimum absolute atomic E-state index is 0.0161. The van der Waals surface area contributed by atoms with E-state index >= 15 is 0 Å². The Balaban J connectivity index is 1.59. The quantitative estimate of drug-likeness (QED) is 0.223. The van der Waals surface area contributed by atoms with Gasteiger partial charge in [-0.2, -0.15) is 0 Å². The number of benzene rings is 3. The molecule has 4 aromatic rings. The molecule has 6 heteroatoms. The fraction of sp³-hybridized carbons (Fsp3) is 0.226. The molecule has 37 heavy (non-hydrogen) atoms. The lowest BCUT2D eigenvalue weighted by molar-refractivity contribution is -0.117. The Hall–Kier alpha value is -3.64. The smallest absolute Gasteiger partial charge is 0.294 e. The van der Waals surface area contributed by atoms with Crippen LogP contribution in [-0.2, 0) is 17.6 Å². The van der Waals surface area contributed by atoms with Crippen LogP contribution in [-0.4, -0.2) is 16.8 Å². The number of carbonyl (C=O) groups excluding carboxylic acids is 2. The van der Waals surface area contributed by atoms with Crippen molar-refractivity contribution in [2.24, 2.45) is 0 Å². The zero-order chi connectivity index (χ0) is 26.1. The molecule has 0 radical (unpaired) electrons. The van der Waals surface area contributed by atoms with E-state index in [1.807, 2.05) is 60.7 Å². The maximum Gasteiger partial charge on any atom is 0.294 e. The molecule has 3 aromatic carbocycles. The Bertz CT molecular complexity index is 1500. The van der Waals surface area contributed by atoms with E-state index in [0.717, 1.165) is 46.7 Å². The molecule has 5 rings (SSSR count). The maximum atomic E-state index is 13.8. The topological polar surface area (TPSA) is 70.8 Å². The summed E-state index contributed by atoms with van der Waals surface area (Å²) in [5, 5.41) is 11.8. The molecule has 1 unspecified atom stereocenters. The number of furan rings is 1. The summed E-state index contributed by atoms with van der Waals surface area (Å²) in [4.78, 5) is 28.8. The molecule has 0 bridgehead atoms. The highest BCUT2D eigenvalue weighted by atomic mass is 79.9. The summed E-state index contributed by atoms with van der Waals surface area (Å²) in [5.41, 5.74) is 4.26.